The zero-order valence-electron chi connectivity index (χ0n) is 14.1. The second-order valence-corrected chi connectivity index (χ2v) is 6.43. The monoisotopic (exact) mass is 380 g/mol. The van der Waals surface area contributed by atoms with E-state index in [0.29, 0.717) is 11.7 Å². The maximum absolute atomic E-state index is 12.6. The van der Waals surface area contributed by atoms with E-state index >= 15 is 0 Å². The molecular formula is C17H24ClF3N2O2. The maximum atomic E-state index is 12.6. The molecule has 2 fully saturated rings. The van der Waals surface area contributed by atoms with E-state index in [1.165, 1.54) is 25.0 Å². The molecule has 0 spiro atoms. The van der Waals surface area contributed by atoms with Gasteiger partial charge < -0.3 is 14.8 Å². The van der Waals surface area contributed by atoms with E-state index in [-0.39, 0.29) is 24.2 Å². The first kappa shape index (κ1) is 20.1. The van der Waals surface area contributed by atoms with Crippen LogP contribution in [0.1, 0.15) is 30.9 Å². The Morgan fingerprint density at radius 2 is 1.92 bits per heavy atom. The third-order valence-corrected chi connectivity index (χ3v) is 4.64. The molecule has 142 valence electrons. The predicted molar refractivity (Wildman–Crippen MR) is 91.4 cm³/mol. The molecule has 0 aromatic heterocycles. The van der Waals surface area contributed by atoms with Crippen LogP contribution in [0.3, 0.4) is 0 Å². The summed E-state index contributed by atoms with van der Waals surface area (Å²) in [6, 6.07) is 4.42. The molecule has 1 aliphatic carbocycles. The molecule has 1 atom stereocenters. The van der Waals surface area contributed by atoms with Gasteiger partial charge in [0.25, 0.3) is 0 Å². The van der Waals surface area contributed by atoms with Crippen LogP contribution in [-0.2, 0) is 0 Å². The molecule has 3 rings (SSSR count). The quantitative estimate of drug-likeness (QED) is 0.814. The molecule has 0 unspecified atom stereocenters. The Labute approximate surface area is 152 Å². The molecule has 8 heteroatoms. The number of nitrogens with one attached hydrogen (secondary N) is 1. The third kappa shape index (κ3) is 5.66. The standard InChI is InChI=1S/C17H23F3N2O2.ClH/c1-23-16-5-4-13(24-17(18,19)20)11-14(16)15(10-12-2-3-12)22-8-6-21-7-9-22;/h4-5,11-12,15,21H,2-3,6-10H2,1H3;1H/t15-;/m1./s1. The van der Waals surface area contributed by atoms with Gasteiger partial charge in [-0.3, -0.25) is 4.90 Å². The Morgan fingerprint density at radius 3 is 2.48 bits per heavy atom. The second kappa shape index (κ2) is 8.47. The van der Waals surface area contributed by atoms with Crippen molar-refractivity contribution in [1.29, 1.82) is 0 Å². The third-order valence-electron chi connectivity index (χ3n) is 4.64. The lowest BCUT2D eigenvalue weighted by Gasteiger charge is -2.36. The fourth-order valence-electron chi connectivity index (χ4n) is 3.31. The van der Waals surface area contributed by atoms with Gasteiger partial charge in [-0.1, -0.05) is 12.8 Å². The maximum Gasteiger partial charge on any atom is 0.573 e. The molecule has 1 heterocycles. The van der Waals surface area contributed by atoms with Crippen molar-refractivity contribution in [3.8, 4) is 11.5 Å². The zero-order valence-corrected chi connectivity index (χ0v) is 15.0. The minimum absolute atomic E-state index is 0. The second-order valence-electron chi connectivity index (χ2n) is 6.43. The van der Waals surface area contributed by atoms with Gasteiger partial charge in [-0.05, 0) is 30.5 Å². The number of nitrogens with zero attached hydrogens (tertiary/aromatic N) is 1. The van der Waals surface area contributed by atoms with Crippen LogP contribution in [-0.4, -0.2) is 44.6 Å². The number of piperazine rings is 1. The van der Waals surface area contributed by atoms with Gasteiger partial charge in [-0.25, -0.2) is 0 Å². The topological polar surface area (TPSA) is 33.7 Å². The van der Waals surface area contributed by atoms with Crippen molar-refractivity contribution in [2.24, 2.45) is 5.92 Å². The van der Waals surface area contributed by atoms with E-state index in [4.69, 9.17) is 4.74 Å². The summed E-state index contributed by atoms with van der Waals surface area (Å²) in [5, 5.41) is 3.31. The number of rotatable bonds is 6. The Bertz CT molecular complexity index is 561. The minimum Gasteiger partial charge on any atom is -0.496 e. The Hall–Kier alpha value is -1.18. The molecule has 1 aromatic carbocycles. The summed E-state index contributed by atoms with van der Waals surface area (Å²) in [5.74, 6) is 1.09. The number of methoxy groups -OCH3 is 1. The molecule has 2 aliphatic rings. The average Bonchev–Trinajstić information content (AvgIpc) is 3.36. The highest BCUT2D eigenvalue weighted by Gasteiger charge is 2.34. The van der Waals surface area contributed by atoms with E-state index in [1.54, 1.807) is 13.2 Å². The predicted octanol–water partition coefficient (Wildman–Crippen LogP) is 3.76. The number of benzene rings is 1. The first-order valence-electron chi connectivity index (χ1n) is 8.35. The van der Waals surface area contributed by atoms with Crippen LogP contribution < -0.4 is 14.8 Å². The Kier molecular flexibility index (Phi) is 6.82. The number of hydrogen-bond acceptors (Lipinski definition) is 4. The summed E-state index contributed by atoms with van der Waals surface area (Å²) in [4.78, 5) is 2.34. The highest BCUT2D eigenvalue weighted by atomic mass is 35.5. The molecule has 0 bridgehead atoms. The first-order valence-corrected chi connectivity index (χ1v) is 8.35. The number of alkyl halides is 3. The van der Waals surface area contributed by atoms with Gasteiger partial charge in [-0.15, -0.1) is 25.6 Å². The van der Waals surface area contributed by atoms with Crippen LogP contribution in [0.25, 0.3) is 0 Å². The minimum atomic E-state index is -4.69. The summed E-state index contributed by atoms with van der Waals surface area (Å²) in [6.45, 7) is 3.54. The van der Waals surface area contributed by atoms with E-state index in [2.05, 4.69) is 15.0 Å². The Morgan fingerprint density at radius 1 is 1.24 bits per heavy atom. The number of hydrogen-bond donors (Lipinski definition) is 1. The highest BCUT2D eigenvalue weighted by Crippen LogP contribution is 2.43. The van der Waals surface area contributed by atoms with Gasteiger partial charge in [0.15, 0.2) is 0 Å². The van der Waals surface area contributed by atoms with Crippen LogP contribution >= 0.6 is 12.4 Å². The molecule has 0 radical (unpaired) electrons. The van der Waals surface area contributed by atoms with Crippen molar-refractivity contribution in [2.75, 3.05) is 33.3 Å². The van der Waals surface area contributed by atoms with Gasteiger partial charge >= 0.3 is 6.36 Å². The smallest absolute Gasteiger partial charge is 0.496 e. The number of ether oxygens (including phenoxy) is 2. The van der Waals surface area contributed by atoms with Crippen molar-refractivity contribution in [2.45, 2.75) is 31.7 Å². The van der Waals surface area contributed by atoms with Crippen LogP contribution in [0, 0.1) is 5.92 Å². The fourth-order valence-corrected chi connectivity index (χ4v) is 3.31. The molecule has 1 aliphatic heterocycles. The van der Waals surface area contributed by atoms with Crippen molar-refractivity contribution in [3.05, 3.63) is 23.8 Å². The van der Waals surface area contributed by atoms with Gasteiger partial charge in [0, 0.05) is 37.8 Å². The normalized spacial score (nSPS) is 19.8. The van der Waals surface area contributed by atoms with Gasteiger partial charge in [0.1, 0.15) is 11.5 Å². The lowest BCUT2D eigenvalue weighted by Crippen LogP contribution is -2.45. The summed E-state index contributed by atoms with van der Waals surface area (Å²) < 4.78 is 47.2. The molecule has 1 saturated carbocycles. The van der Waals surface area contributed by atoms with Crippen LogP contribution in [0.15, 0.2) is 18.2 Å². The molecule has 1 aromatic rings. The highest BCUT2D eigenvalue weighted by molar-refractivity contribution is 5.85. The van der Waals surface area contributed by atoms with E-state index < -0.39 is 6.36 Å². The summed E-state index contributed by atoms with van der Waals surface area (Å²) in [5.41, 5.74) is 0.785. The zero-order chi connectivity index (χ0) is 17.2. The SMILES string of the molecule is COc1ccc(OC(F)(F)F)cc1[C@@H](CC1CC1)N1CCNCC1.Cl. The van der Waals surface area contributed by atoms with Crippen LogP contribution in [0.2, 0.25) is 0 Å². The van der Waals surface area contributed by atoms with E-state index in [0.717, 1.165) is 38.2 Å². The largest absolute Gasteiger partial charge is 0.573 e. The molecule has 1 N–H and O–H groups in total. The van der Waals surface area contributed by atoms with Crippen molar-refractivity contribution >= 4 is 12.4 Å². The lowest BCUT2D eigenvalue weighted by molar-refractivity contribution is -0.274. The molecule has 0 amide bonds. The summed E-state index contributed by atoms with van der Waals surface area (Å²) in [7, 11) is 1.55. The average molecular weight is 381 g/mol. The van der Waals surface area contributed by atoms with E-state index in [1.807, 2.05) is 0 Å². The molecule has 1 saturated heterocycles. The van der Waals surface area contributed by atoms with Crippen LogP contribution in [0.5, 0.6) is 11.5 Å². The Balaban J connectivity index is 0.00000225. The summed E-state index contributed by atoms with van der Waals surface area (Å²) >= 11 is 0. The van der Waals surface area contributed by atoms with Gasteiger partial charge in [0.2, 0.25) is 0 Å². The van der Waals surface area contributed by atoms with Crippen LogP contribution in [0.4, 0.5) is 13.2 Å². The lowest BCUT2D eigenvalue weighted by atomic mass is 9.97. The van der Waals surface area contributed by atoms with Crippen molar-refractivity contribution in [1.82, 2.24) is 10.2 Å². The summed E-state index contributed by atoms with van der Waals surface area (Å²) in [6.07, 6.45) is -1.34. The van der Waals surface area contributed by atoms with Gasteiger partial charge in [-0.2, -0.15) is 0 Å². The molecule has 4 nitrogen and oxygen atoms in total. The van der Waals surface area contributed by atoms with Crippen molar-refractivity contribution < 1.29 is 22.6 Å². The number of halogens is 4. The van der Waals surface area contributed by atoms with Crippen molar-refractivity contribution in [3.63, 3.8) is 0 Å². The first-order chi connectivity index (χ1) is 11.5. The molecule has 25 heavy (non-hydrogen) atoms. The van der Waals surface area contributed by atoms with E-state index in [9.17, 15) is 13.2 Å². The fraction of sp³-hybridized carbons (Fsp3) is 0.647. The van der Waals surface area contributed by atoms with Gasteiger partial charge in [0.05, 0.1) is 7.11 Å². The molecular weight excluding hydrogens is 357 g/mol.